The van der Waals surface area contributed by atoms with Crippen LogP contribution in [0.4, 0.5) is 0 Å². The summed E-state index contributed by atoms with van der Waals surface area (Å²) < 4.78 is 6.99. The fourth-order valence-electron chi connectivity index (χ4n) is 4.31. The maximum Gasteiger partial charge on any atom is 0.236 e. The Kier molecular flexibility index (Phi) is 3.52. The lowest BCUT2D eigenvalue weighted by molar-refractivity contribution is -0.138. The second kappa shape index (κ2) is 5.27. The summed E-state index contributed by atoms with van der Waals surface area (Å²) in [5, 5.41) is 0. The van der Waals surface area contributed by atoms with Crippen molar-refractivity contribution in [2.45, 2.75) is 38.5 Å². The van der Waals surface area contributed by atoms with E-state index in [9.17, 15) is 9.59 Å². The van der Waals surface area contributed by atoms with Crippen molar-refractivity contribution in [1.29, 1.82) is 0 Å². The minimum Gasteiger partial charge on any atom is -0.355 e. The van der Waals surface area contributed by atoms with Gasteiger partial charge in [0.1, 0.15) is 6.23 Å². The molecule has 1 aliphatic carbocycles. The number of amides is 1. The van der Waals surface area contributed by atoms with Crippen LogP contribution in [-0.4, -0.2) is 35.0 Å². The molecule has 2 aliphatic heterocycles. The number of ketones is 1. The van der Waals surface area contributed by atoms with Crippen molar-refractivity contribution in [2.75, 3.05) is 6.61 Å². The summed E-state index contributed by atoms with van der Waals surface area (Å²) in [6.45, 7) is 4.58. The van der Waals surface area contributed by atoms with Gasteiger partial charge in [0.05, 0.1) is 17.6 Å². The molecular weight excluding hydrogens is 370 g/mol. The first-order valence-electron chi connectivity index (χ1n) is 8.25. The van der Waals surface area contributed by atoms with Gasteiger partial charge < -0.3 is 9.64 Å². The molecule has 0 radical (unpaired) electrons. The highest BCUT2D eigenvalue weighted by atomic mass is 79.9. The van der Waals surface area contributed by atoms with Gasteiger partial charge in [-0.25, -0.2) is 0 Å². The predicted octanol–water partition coefficient (Wildman–Crippen LogP) is 3.10. The normalized spacial score (nSPS) is 33.7. The molecule has 2 saturated heterocycles. The molecule has 0 bridgehead atoms. The summed E-state index contributed by atoms with van der Waals surface area (Å²) in [7, 11) is 0. The van der Waals surface area contributed by atoms with Crippen LogP contribution in [0.2, 0.25) is 0 Å². The quantitative estimate of drug-likeness (QED) is 0.780. The van der Waals surface area contributed by atoms with Gasteiger partial charge in [0.2, 0.25) is 5.91 Å². The summed E-state index contributed by atoms with van der Waals surface area (Å²) in [5.74, 6) is 0.0500. The van der Waals surface area contributed by atoms with Gasteiger partial charge >= 0.3 is 0 Å². The van der Waals surface area contributed by atoms with E-state index in [4.69, 9.17) is 4.74 Å². The van der Waals surface area contributed by atoms with Crippen LogP contribution < -0.4 is 0 Å². The zero-order chi connectivity index (χ0) is 17.1. The third-order valence-electron chi connectivity index (χ3n) is 5.53. The number of allylic oxidation sites excluding steroid dienone is 1. The van der Waals surface area contributed by atoms with Gasteiger partial charge in [-0.05, 0) is 44.0 Å². The summed E-state index contributed by atoms with van der Waals surface area (Å²) in [5.41, 5.74) is 0.0850. The molecule has 0 aromatic heterocycles. The lowest BCUT2D eigenvalue weighted by Gasteiger charge is -2.34. The molecule has 3 aliphatic rings. The number of benzene rings is 1. The smallest absolute Gasteiger partial charge is 0.236 e. The van der Waals surface area contributed by atoms with Crippen molar-refractivity contribution in [3.63, 3.8) is 0 Å². The molecule has 4 rings (SSSR count). The maximum atomic E-state index is 13.4. The Labute approximate surface area is 150 Å². The summed E-state index contributed by atoms with van der Waals surface area (Å²) in [6.07, 6.45) is 4.10. The molecule has 1 aromatic rings. The van der Waals surface area contributed by atoms with E-state index >= 15 is 0 Å². The number of carbonyl (C=O) groups is 2. The summed E-state index contributed by atoms with van der Waals surface area (Å²) in [6, 6.07) is 8.03. The summed E-state index contributed by atoms with van der Waals surface area (Å²) in [4.78, 5) is 27.3. The van der Waals surface area contributed by atoms with Crippen LogP contribution >= 0.6 is 15.9 Å². The molecule has 1 aromatic carbocycles. The van der Waals surface area contributed by atoms with Gasteiger partial charge in [0.25, 0.3) is 0 Å². The lowest BCUT2D eigenvalue weighted by Crippen LogP contribution is -2.47. The Morgan fingerprint density at radius 2 is 1.96 bits per heavy atom. The van der Waals surface area contributed by atoms with E-state index in [1.807, 2.05) is 49.1 Å². The first kappa shape index (κ1) is 16.0. The van der Waals surface area contributed by atoms with Crippen molar-refractivity contribution in [1.82, 2.24) is 4.90 Å². The van der Waals surface area contributed by atoms with Gasteiger partial charge in [0.15, 0.2) is 5.78 Å². The van der Waals surface area contributed by atoms with Gasteiger partial charge in [-0.15, -0.1) is 0 Å². The van der Waals surface area contributed by atoms with Crippen LogP contribution in [0.1, 0.15) is 25.8 Å². The molecule has 0 saturated carbocycles. The Bertz CT molecular complexity index is 739. The highest BCUT2D eigenvalue weighted by Gasteiger charge is 2.65. The molecule has 2 fully saturated rings. The van der Waals surface area contributed by atoms with Crippen molar-refractivity contribution < 1.29 is 14.3 Å². The van der Waals surface area contributed by atoms with Crippen molar-refractivity contribution in [3.8, 4) is 0 Å². The SMILES string of the molecule is CC1(C)CO[C@H]2[C@H]3CC(=O)C=C[C@@]3(Cc3ccc(Br)cc3)C(=O)N21. The molecule has 4 nitrogen and oxygen atoms in total. The lowest BCUT2D eigenvalue weighted by atomic mass is 9.67. The van der Waals surface area contributed by atoms with E-state index in [0.717, 1.165) is 10.0 Å². The molecule has 126 valence electrons. The topological polar surface area (TPSA) is 46.6 Å². The van der Waals surface area contributed by atoms with Crippen molar-refractivity contribution in [2.24, 2.45) is 11.3 Å². The second-order valence-electron chi connectivity index (χ2n) is 7.64. The molecule has 3 atom stereocenters. The zero-order valence-corrected chi connectivity index (χ0v) is 15.4. The first-order chi connectivity index (χ1) is 11.3. The van der Waals surface area contributed by atoms with E-state index in [-0.39, 0.29) is 29.4 Å². The molecule has 24 heavy (non-hydrogen) atoms. The molecule has 5 heteroatoms. The number of ether oxygens (including phenoxy) is 1. The Morgan fingerprint density at radius 3 is 2.67 bits per heavy atom. The fraction of sp³-hybridized carbons (Fsp3) is 0.474. The average Bonchev–Trinajstić information content (AvgIpc) is 2.97. The van der Waals surface area contributed by atoms with E-state index in [1.54, 1.807) is 6.08 Å². The second-order valence-corrected chi connectivity index (χ2v) is 8.56. The molecule has 1 amide bonds. The number of carbonyl (C=O) groups excluding carboxylic acids is 2. The van der Waals surface area contributed by atoms with Crippen LogP contribution in [0.15, 0.2) is 40.9 Å². The van der Waals surface area contributed by atoms with E-state index in [2.05, 4.69) is 15.9 Å². The number of hydrogen-bond acceptors (Lipinski definition) is 3. The van der Waals surface area contributed by atoms with E-state index < -0.39 is 5.41 Å². The molecule has 0 unspecified atom stereocenters. The monoisotopic (exact) mass is 389 g/mol. The molecule has 0 N–H and O–H groups in total. The highest BCUT2D eigenvalue weighted by molar-refractivity contribution is 9.10. The first-order valence-corrected chi connectivity index (χ1v) is 9.05. The van der Waals surface area contributed by atoms with Gasteiger partial charge in [-0.3, -0.25) is 9.59 Å². The minimum atomic E-state index is -0.676. The van der Waals surface area contributed by atoms with E-state index in [1.165, 1.54) is 0 Å². The predicted molar refractivity (Wildman–Crippen MR) is 93.2 cm³/mol. The largest absolute Gasteiger partial charge is 0.355 e. The van der Waals surface area contributed by atoms with Crippen LogP contribution in [0, 0.1) is 11.3 Å². The van der Waals surface area contributed by atoms with Crippen molar-refractivity contribution in [3.05, 3.63) is 46.5 Å². The Morgan fingerprint density at radius 1 is 1.25 bits per heavy atom. The van der Waals surface area contributed by atoms with Gasteiger partial charge in [-0.2, -0.15) is 0 Å². The van der Waals surface area contributed by atoms with Gasteiger partial charge in [0, 0.05) is 16.8 Å². The number of fused-ring (bicyclic) bond motifs is 3. The van der Waals surface area contributed by atoms with Crippen LogP contribution in [-0.2, 0) is 20.7 Å². The minimum absolute atomic E-state index is 0.0781. The van der Waals surface area contributed by atoms with Crippen LogP contribution in [0.5, 0.6) is 0 Å². The fourth-order valence-corrected chi connectivity index (χ4v) is 4.58. The average molecular weight is 390 g/mol. The number of rotatable bonds is 2. The zero-order valence-electron chi connectivity index (χ0n) is 13.8. The maximum absolute atomic E-state index is 13.4. The molecular formula is C19H20BrNO3. The van der Waals surface area contributed by atoms with Crippen LogP contribution in [0.25, 0.3) is 0 Å². The number of nitrogens with zero attached hydrogens (tertiary/aromatic N) is 1. The van der Waals surface area contributed by atoms with Gasteiger partial charge in [-0.1, -0.05) is 34.1 Å². The van der Waals surface area contributed by atoms with Crippen LogP contribution in [0.3, 0.4) is 0 Å². The highest BCUT2D eigenvalue weighted by Crippen LogP contribution is 2.53. The van der Waals surface area contributed by atoms with Crippen molar-refractivity contribution >= 4 is 27.6 Å². The number of halogens is 1. The summed E-state index contributed by atoms with van der Waals surface area (Å²) >= 11 is 3.45. The third kappa shape index (κ3) is 2.21. The van der Waals surface area contributed by atoms with E-state index in [0.29, 0.717) is 19.4 Å². The number of hydrogen-bond donors (Lipinski definition) is 0. The molecule has 2 heterocycles. The molecule has 0 spiro atoms. The Hall–Kier alpha value is -1.46. The Balaban J connectivity index is 1.78. The third-order valence-corrected chi connectivity index (χ3v) is 6.06. The standard InChI is InChI=1S/C19H20BrNO3/c1-18(2)11-24-16-15-9-14(22)7-8-19(15,17(23)21(16)18)10-12-3-5-13(20)6-4-12/h3-8,15-16H,9-11H2,1-2H3/t15-,16+,19+/m1/s1.